The molecule has 0 spiro atoms. The van der Waals surface area contributed by atoms with Gasteiger partial charge in [0.2, 0.25) is 10.0 Å². The molecule has 1 N–H and O–H groups in total. The number of sulfonamides is 1. The van der Waals surface area contributed by atoms with E-state index >= 15 is 0 Å². The summed E-state index contributed by atoms with van der Waals surface area (Å²) in [4.78, 5) is 11.9. The van der Waals surface area contributed by atoms with Gasteiger partial charge >= 0.3 is 0 Å². The van der Waals surface area contributed by atoms with Gasteiger partial charge in [-0.1, -0.05) is 17.7 Å². The molecule has 0 radical (unpaired) electrons. The predicted molar refractivity (Wildman–Crippen MR) is 73.5 cm³/mol. The lowest BCUT2D eigenvalue weighted by Crippen LogP contribution is -2.35. The van der Waals surface area contributed by atoms with Gasteiger partial charge in [0.05, 0.1) is 5.75 Å². The highest BCUT2D eigenvalue weighted by molar-refractivity contribution is 7.89. The number of amides is 1. The maximum Gasteiger partial charge on any atom is 0.251 e. The molecule has 1 aliphatic heterocycles. The number of carbonyl (C=O) groups excluding carboxylic acids is 1. The Balaban J connectivity index is 1.85. The topological polar surface area (TPSA) is 66.5 Å². The van der Waals surface area contributed by atoms with Crippen molar-refractivity contribution < 1.29 is 13.2 Å². The van der Waals surface area contributed by atoms with Gasteiger partial charge in [-0.15, -0.1) is 0 Å². The van der Waals surface area contributed by atoms with Crippen LogP contribution in [0, 0.1) is 6.92 Å². The highest BCUT2D eigenvalue weighted by Gasteiger charge is 2.27. The van der Waals surface area contributed by atoms with E-state index in [9.17, 15) is 13.2 Å². The van der Waals surface area contributed by atoms with E-state index in [1.807, 2.05) is 25.1 Å². The fourth-order valence-corrected chi connectivity index (χ4v) is 3.65. The SMILES string of the molecule is Cc1cccc(C(=O)NCCN2CCCS2(=O)=O)c1. The maximum absolute atomic E-state index is 11.9. The van der Waals surface area contributed by atoms with Gasteiger partial charge in [0.15, 0.2) is 0 Å². The first-order valence-corrected chi connectivity index (χ1v) is 7.93. The molecule has 1 saturated heterocycles. The van der Waals surface area contributed by atoms with Crippen molar-refractivity contribution in [2.75, 3.05) is 25.4 Å². The minimum Gasteiger partial charge on any atom is -0.351 e. The number of nitrogens with zero attached hydrogens (tertiary/aromatic N) is 1. The monoisotopic (exact) mass is 282 g/mol. The van der Waals surface area contributed by atoms with Crippen LogP contribution in [0.4, 0.5) is 0 Å². The summed E-state index contributed by atoms with van der Waals surface area (Å²) in [7, 11) is -3.07. The lowest BCUT2D eigenvalue weighted by molar-refractivity contribution is 0.0951. The lowest BCUT2D eigenvalue weighted by atomic mass is 10.1. The van der Waals surface area contributed by atoms with Gasteiger partial charge < -0.3 is 5.32 Å². The Bertz CT molecular complexity index is 569. The van der Waals surface area contributed by atoms with Crippen LogP contribution in [0.2, 0.25) is 0 Å². The summed E-state index contributed by atoms with van der Waals surface area (Å²) in [5, 5.41) is 2.75. The Morgan fingerprint density at radius 3 is 2.84 bits per heavy atom. The fraction of sp³-hybridized carbons (Fsp3) is 0.462. The molecule has 6 heteroatoms. The molecule has 0 aliphatic carbocycles. The predicted octanol–water partition coefficient (Wildman–Crippen LogP) is 0.760. The fourth-order valence-electron chi connectivity index (χ4n) is 2.12. The molecule has 0 atom stereocenters. The molecule has 1 aromatic carbocycles. The van der Waals surface area contributed by atoms with Crippen molar-refractivity contribution >= 4 is 15.9 Å². The van der Waals surface area contributed by atoms with Crippen molar-refractivity contribution in [2.24, 2.45) is 0 Å². The molecular formula is C13H18N2O3S. The Kier molecular flexibility index (Phi) is 4.21. The van der Waals surface area contributed by atoms with Gasteiger partial charge in [-0.05, 0) is 25.5 Å². The molecule has 5 nitrogen and oxygen atoms in total. The van der Waals surface area contributed by atoms with Crippen LogP contribution in [-0.2, 0) is 10.0 Å². The number of hydrogen-bond acceptors (Lipinski definition) is 3. The Morgan fingerprint density at radius 1 is 1.42 bits per heavy atom. The summed E-state index contributed by atoms with van der Waals surface area (Å²) in [6.45, 7) is 3.17. The van der Waals surface area contributed by atoms with Crippen LogP contribution in [-0.4, -0.2) is 44.0 Å². The van der Waals surface area contributed by atoms with Gasteiger partial charge in [-0.3, -0.25) is 4.79 Å². The van der Waals surface area contributed by atoms with Crippen molar-refractivity contribution in [1.29, 1.82) is 0 Å². The van der Waals surface area contributed by atoms with E-state index in [1.54, 1.807) is 6.07 Å². The number of carbonyl (C=O) groups is 1. The summed E-state index contributed by atoms with van der Waals surface area (Å²) in [6.07, 6.45) is 0.675. The van der Waals surface area contributed by atoms with Gasteiger partial charge in [0.25, 0.3) is 5.91 Å². The van der Waals surface area contributed by atoms with Crippen LogP contribution in [0.25, 0.3) is 0 Å². The zero-order chi connectivity index (χ0) is 13.9. The summed E-state index contributed by atoms with van der Waals surface area (Å²) >= 11 is 0. The van der Waals surface area contributed by atoms with Crippen molar-refractivity contribution in [3.63, 3.8) is 0 Å². The van der Waals surface area contributed by atoms with Crippen LogP contribution in [0.5, 0.6) is 0 Å². The molecule has 2 rings (SSSR count). The number of rotatable bonds is 4. The van der Waals surface area contributed by atoms with E-state index in [0.29, 0.717) is 31.6 Å². The van der Waals surface area contributed by atoms with Gasteiger partial charge in [-0.2, -0.15) is 0 Å². The minimum atomic E-state index is -3.07. The molecule has 104 valence electrons. The average molecular weight is 282 g/mol. The molecule has 0 saturated carbocycles. The van der Waals surface area contributed by atoms with Gasteiger partial charge in [-0.25, -0.2) is 12.7 Å². The molecule has 1 amide bonds. The van der Waals surface area contributed by atoms with Crippen molar-refractivity contribution in [1.82, 2.24) is 9.62 Å². The molecule has 0 bridgehead atoms. The highest BCUT2D eigenvalue weighted by Crippen LogP contribution is 2.11. The van der Waals surface area contributed by atoms with E-state index in [0.717, 1.165) is 5.56 Å². The standard InChI is InChI=1S/C13H18N2O3S/c1-11-4-2-5-12(10-11)13(16)14-6-8-15-7-3-9-19(15,17)18/h2,4-5,10H,3,6-9H2,1H3,(H,14,16). The van der Waals surface area contributed by atoms with Crippen LogP contribution in [0.15, 0.2) is 24.3 Å². The third-order valence-electron chi connectivity index (χ3n) is 3.13. The molecule has 1 heterocycles. The van der Waals surface area contributed by atoms with Crippen LogP contribution in [0.3, 0.4) is 0 Å². The molecule has 1 aliphatic rings. The van der Waals surface area contributed by atoms with E-state index in [2.05, 4.69) is 5.32 Å². The second-order valence-electron chi connectivity index (χ2n) is 4.69. The van der Waals surface area contributed by atoms with E-state index in [1.165, 1.54) is 4.31 Å². The first-order valence-electron chi connectivity index (χ1n) is 6.32. The van der Waals surface area contributed by atoms with Crippen molar-refractivity contribution in [3.05, 3.63) is 35.4 Å². The van der Waals surface area contributed by atoms with Crippen LogP contribution in [0.1, 0.15) is 22.3 Å². The van der Waals surface area contributed by atoms with Crippen LogP contribution < -0.4 is 5.32 Å². The summed E-state index contributed by atoms with van der Waals surface area (Å²) < 4.78 is 24.6. The smallest absolute Gasteiger partial charge is 0.251 e. The van der Waals surface area contributed by atoms with E-state index < -0.39 is 10.0 Å². The highest BCUT2D eigenvalue weighted by atomic mass is 32.2. The van der Waals surface area contributed by atoms with Crippen LogP contribution >= 0.6 is 0 Å². The maximum atomic E-state index is 11.9. The normalized spacial score (nSPS) is 18.4. The lowest BCUT2D eigenvalue weighted by Gasteiger charge is -2.14. The molecule has 1 aromatic rings. The number of aryl methyl sites for hydroxylation is 1. The number of benzene rings is 1. The Labute approximate surface area is 113 Å². The van der Waals surface area contributed by atoms with Gasteiger partial charge in [0.1, 0.15) is 0 Å². The number of hydrogen-bond donors (Lipinski definition) is 1. The average Bonchev–Trinajstić information content (AvgIpc) is 2.69. The second kappa shape index (κ2) is 5.71. The first kappa shape index (κ1) is 14.0. The second-order valence-corrected chi connectivity index (χ2v) is 6.78. The van der Waals surface area contributed by atoms with E-state index in [4.69, 9.17) is 0 Å². The zero-order valence-electron chi connectivity index (χ0n) is 10.9. The third-order valence-corrected chi connectivity index (χ3v) is 5.09. The molecule has 0 aromatic heterocycles. The molecular weight excluding hydrogens is 264 g/mol. The summed E-state index contributed by atoms with van der Waals surface area (Å²) in [5.41, 5.74) is 1.62. The Hall–Kier alpha value is -1.40. The van der Waals surface area contributed by atoms with Crippen molar-refractivity contribution in [2.45, 2.75) is 13.3 Å². The Morgan fingerprint density at radius 2 is 2.21 bits per heavy atom. The number of nitrogens with one attached hydrogen (secondary N) is 1. The largest absolute Gasteiger partial charge is 0.351 e. The zero-order valence-corrected chi connectivity index (χ0v) is 11.7. The van der Waals surface area contributed by atoms with Gasteiger partial charge in [0, 0.05) is 25.2 Å². The quantitative estimate of drug-likeness (QED) is 0.886. The van der Waals surface area contributed by atoms with Crippen molar-refractivity contribution in [3.8, 4) is 0 Å². The minimum absolute atomic E-state index is 0.166. The third kappa shape index (κ3) is 3.54. The molecule has 1 fully saturated rings. The van der Waals surface area contributed by atoms with E-state index in [-0.39, 0.29) is 11.7 Å². The first-order chi connectivity index (χ1) is 8.99. The molecule has 0 unspecified atom stereocenters. The summed E-state index contributed by atoms with van der Waals surface area (Å²) in [5.74, 6) is 0.0547. The molecule has 19 heavy (non-hydrogen) atoms. The summed E-state index contributed by atoms with van der Waals surface area (Å²) in [6, 6.07) is 7.31.